The van der Waals surface area contributed by atoms with Gasteiger partial charge in [0.25, 0.3) is 15.7 Å². The first-order valence-corrected chi connectivity index (χ1v) is 18.2. The molecule has 0 saturated heterocycles. The van der Waals surface area contributed by atoms with Crippen LogP contribution >= 0.6 is 0 Å². The van der Waals surface area contributed by atoms with Crippen LogP contribution in [0.3, 0.4) is 0 Å². The third-order valence-electron chi connectivity index (χ3n) is 8.41. The molecule has 1 amide bonds. The van der Waals surface area contributed by atoms with Crippen LogP contribution in [0.25, 0.3) is 33.5 Å². The van der Waals surface area contributed by atoms with Gasteiger partial charge in [-0.1, -0.05) is 48.5 Å². The topological polar surface area (TPSA) is 307 Å². The minimum Gasteiger partial charge on any atom is -0.464 e. The van der Waals surface area contributed by atoms with Gasteiger partial charge in [-0.2, -0.15) is 5.21 Å². The summed E-state index contributed by atoms with van der Waals surface area (Å²) in [5.41, 5.74) is 3.20. The maximum atomic E-state index is 13.7. The van der Waals surface area contributed by atoms with E-state index < -0.39 is 46.6 Å². The second-order valence-corrected chi connectivity index (χ2v) is 12.7. The zero-order valence-corrected chi connectivity index (χ0v) is 32.1. The molecule has 0 aliphatic heterocycles. The molecule has 60 heavy (non-hydrogen) atoms. The minimum atomic E-state index is -1.65. The van der Waals surface area contributed by atoms with Crippen molar-refractivity contribution in [3.63, 3.8) is 0 Å². The number of H-pyrrole nitrogens is 1. The standard InChI is InChI=1S/C36H38N10O14/c1-22-31-29(60-35(49)39-28(34(48)55-15-5-7-17-58-45(51)52)21-57-36(50)56-16-6-8-18-59-46(53)54)19-30(47)44(33(31)38-23(2)37-22)20-24-11-13-25(14-12-24)26-9-3-4-10-27(26)32-40-42-43-41-32/h3-4,9-14,19,28H,5-8,15-18,20-21H2,1-2H3,(H,39,49)(H,40,41,42,43). The number of rotatable bonds is 21. The Balaban J connectivity index is 1.30. The molecule has 0 saturated carbocycles. The SMILES string of the molecule is Cc1nc(C)c2c(OC(=O)NC(COC(=O)OCCCCO[N+](=O)[O-])C(=O)OCCCCO[N+](=O)[O-])cc(=O)n(Cc3ccc(-c4ccccc4-c4nn[nH]n4)cc3)c2n1. The van der Waals surface area contributed by atoms with E-state index in [0.29, 0.717) is 17.3 Å². The van der Waals surface area contributed by atoms with E-state index in [-0.39, 0.29) is 75.4 Å². The molecule has 3 heterocycles. The molecule has 0 aliphatic carbocycles. The Labute approximate surface area is 338 Å². The molecule has 0 spiro atoms. The van der Waals surface area contributed by atoms with Crippen molar-refractivity contribution in [2.24, 2.45) is 0 Å². The summed E-state index contributed by atoms with van der Waals surface area (Å²) in [5, 5.41) is 35.5. The Morgan fingerprint density at radius 2 is 1.50 bits per heavy atom. The minimum absolute atomic E-state index is 0.0800. The summed E-state index contributed by atoms with van der Waals surface area (Å²) >= 11 is 0. The lowest BCUT2D eigenvalue weighted by atomic mass is 9.98. The van der Waals surface area contributed by atoms with E-state index in [1.807, 2.05) is 48.5 Å². The zero-order valence-electron chi connectivity index (χ0n) is 32.1. The molecular formula is C36H38N10O14. The lowest BCUT2D eigenvalue weighted by Crippen LogP contribution is -2.46. The van der Waals surface area contributed by atoms with Crippen LogP contribution in [0, 0.1) is 34.1 Å². The lowest BCUT2D eigenvalue weighted by Gasteiger charge is -2.19. The average molecular weight is 835 g/mol. The number of esters is 1. The molecule has 1 unspecified atom stereocenters. The van der Waals surface area contributed by atoms with E-state index in [9.17, 15) is 39.4 Å². The van der Waals surface area contributed by atoms with E-state index in [0.717, 1.165) is 28.3 Å². The number of pyridine rings is 1. The van der Waals surface area contributed by atoms with Crippen LogP contribution in [-0.4, -0.2) is 103 Å². The van der Waals surface area contributed by atoms with Crippen LogP contribution in [0.15, 0.2) is 59.4 Å². The van der Waals surface area contributed by atoms with Gasteiger partial charge in [0.15, 0.2) is 17.4 Å². The van der Waals surface area contributed by atoms with Crippen LogP contribution in [0.2, 0.25) is 0 Å². The van der Waals surface area contributed by atoms with Crippen LogP contribution < -0.4 is 15.6 Å². The highest BCUT2D eigenvalue weighted by atomic mass is 17.0. The van der Waals surface area contributed by atoms with E-state index in [1.165, 1.54) is 4.57 Å². The molecular weight excluding hydrogens is 796 g/mol. The maximum Gasteiger partial charge on any atom is 0.508 e. The fourth-order valence-electron chi connectivity index (χ4n) is 5.70. The number of hydrogen-bond acceptors (Lipinski definition) is 19. The number of hydrogen-bond donors (Lipinski definition) is 2. The highest BCUT2D eigenvalue weighted by Crippen LogP contribution is 2.30. The summed E-state index contributed by atoms with van der Waals surface area (Å²) in [4.78, 5) is 90.1. The first-order valence-electron chi connectivity index (χ1n) is 18.2. The van der Waals surface area contributed by atoms with E-state index >= 15 is 0 Å². The lowest BCUT2D eigenvalue weighted by molar-refractivity contribution is -0.757. The highest BCUT2D eigenvalue weighted by Gasteiger charge is 2.27. The Kier molecular flexibility index (Phi) is 15.2. The molecule has 0 aliphatic rings. The zero-order chi connectivity index (χ0) is 43.0. The van der Waals surface area contributed by atoms with Crippen molar-refractivity contribution in [2.45, 2.75) is 52.1 Å². The summed E-state index contributed by atoms with van der Waals surface area (Å²) in [5.74, 6) is -0.521. The third kappa shape index (κ3) is 12.4. The molecule has 3 aromatic heterocycles. The number of aromatic nitrogens is 7. The maximum absolute atomic E-state index is 13.7. The molecule has 5 aromatic rings. The van der Waals surface area contributed by atoms with E-state index in [4.69, 9.17) is 18.9 Å². The number of carbonyl (C=O) groups is 3. The largest absolute Gasteiger partial charge is 0.508 e. The second kappa shape index (κ2) is 21.1. The van der Waals surface area contributed by atoms with Gasteiger partial charge in [-0.3, -0.25) is 9.36 Å². The molecule has 0 radical (unpaired) electrons. The summed E-state index contributed by atoms with van der Waals surface area (Å²) in [6.45, 7) is 1.68. The first-order chi connectivity index (χ1) is 28.9. The van der Waals surface area contributed by atoms with Crippen LogP contribution in [0.1, 0.15) is 42.8 Å². The Morgan fingerprint density at radius 1 is 0.850 bits per heavy atom. The van der Waals surface area contributed by atoms with Crippen molar-refractivity contribution >= 4 is 29.3 Å². The fraction of sp³-hybridized carbons (Fsp3) is 0.361. The summed E-state index contributed by atoms with van der Waals surface area (Å²) in [6.07, 6.45) is -1.77. The number of tetrazole rings is 1. The normalized spacial score (nSPS) is 11.3. The molecule has 0 bridgehead atoms. The summed E-state index contributed by atoms with van der Waals surface area (Å²) < 4.78 is 22.0. The van der Waals surface area contributed by atoms with Crippen LogP contribution in [0.5, 0.6) is 5.75 Å². The molecule has 0 fully saturated rings. The molecule has 24 nitrogen and oxygen atoms in total. The highest BCUT2D eigenvalue weighted by molar-refractivity contribution is 5.89. The van der Waals surface area contributed by atoms with E-state index in [1.54, 1.807) is 13.8 Å². The van der Waals surface area contributed by atoms with Crippen molar-refractivity contribution < 1.29 is 53.2 Å². The number of fused-ring (bicyclic) bond motifs is 1. The molecule has 24 heteroatoms. The summed E-state index contributed by atoms with van der Waals surface area (Å²) in [7, 11) is 0. The first kappa shape index (κ1) is 43.3. The van der Waals surface area contributed by atoms with Crippen LogP contribution in [0.4, 0.5) is 9.59 Å². The predicted molar refractivity (Wildman–Crippen MR) is 203 cm³/mol. The van der Waals surface area contributed by atoms with Gasteiger partial charge in [0, 0.05) is 11.6 Å². The van der Waals surface area contributed by atoms with Crippen molar-refractivity contribution in [1.82, 2.24) is 40.5 Å². The number of benzene rings is 2. The van der Waals surface area contributed by atoms with Gasteiger partial charge in [-0.25, -0.2) is 24.4 Å². The number of carbonyl (C=O) groups excluding carboxylic acids is 3. The fourth-order valence-corrected chi connectivity index (χ4v) is 5.70. The number of aryl methyl sites for hydroxylation is 2. The van der Waals surface area contributed by atoms with Crippen molar-refractivity contribution in [2.75, 3.05) is 33.0 Å². The van der Waals surface area contributed by atoms with Crippen molar-refractivity contribution in [3.8, 4) is 28.3 Å². The Morgan fingerprint density at radius 3 is 2.15 bits per heavy atom. The number of nitrogens with zero attached hydrogens (tertiary/aromatic N) is 8. The number of unbranched alkanes of at least 4 members (excludes halogenated alkanes) is 2. The van der Waals surface area contributed by atoms with Gasteiger partial charge in [0.2, 0.25) is 5.82 Å². The van der Waals surface area contributed by atoms with Crippen molar-refractivity contribution in [3.05, 3.63) is 102 Å². The van der Waals surface area contributed by atoms with E-state index in [2.05, 4.69) is 45.6 Å². The van der Waals surface area contributed by atoms with Gasteiger partial charge in [0.05, 0.1) is 44.1 Å². The smallest absolute Gasteiger partial charge is 0.464 e. The second-order valence-electron chi connectivity index (χ2n) is 12.7. The average Bonchev–Trinajstić information content (AvgIpc) is 3.75. The Bertz CT molecular complexity index is 2360. The number of amides is 1. The van der Waals surface area contributed by atoms with Gasteiger partial charge in [0.1, 0.15) is 12.4 Å². The number of ether oxygens (including phenoxy) is 4. The van der Waals surface area contributed by atoms with Gasteiger partial charge in [-0.05, 0) is 61.4 Å². The van der Waals surface area contributed by atoms with Crippen molar-refractivity contribution in [1.29, 1.82) is 0 Å². The monoisotopic (exact) mass is 834 g/mol. The van der Waals surface area contributed by atoms with Gasteiger partial charge >= 0.3 is 18.2 Å². The Hall–Kier alpha value is -7.79. The molecule has 1 atom stereocenters. The molecule has 5 rings (SSSR count). The third-order valence-corrected chi connectivity index (χ3v) is 8.41. The quantitative estimate of drug-likeness (QED) is 0.0463. The molecule has 2 N–H and O–H groups in total. The van der Waals surface area contributed by atoms with Gasteiger partial charge in [-0.15, -0.1) is 30.4 Å². The molecule has 316 valence electrons. The number of aromatic amines is 1. The van der Waals surface area contributed by atoms with Crippen LogP contribution in [-0.2, 0) is 35.2 Å². The van der Waals surface area contributed by atoms with Gasteiger partial charge < -0.3 is 33.9 Å². The predicted octanol–water partition coefficient (Wildman–Crippen LogP) is 3.43. The molecule has 2 aromatic carbocycles. The summed E-state index contributed by atoms with van der Waals surface area (Å²) in [6, 6.07) is 14.5. The number of nitrogens with one attached hydrogen (secondary N) is 2.